The van der Waals surface area contributed by atoms with Crippen molar-refractivity contribution in [2.75, 3.05) is 0 Å². The molecule has 0 bridgehead atoms. The zero-order valence-electron chi connectivity index (χ0n) is 8.97. The number of hydrogen-bond donors (Lipinski definition) is 3. The molecule has 4 N–H and O–H groups in total. The van der Waals surface area contributed by atoms with Gasteiger partial charge in [0.05, 0.1) is 0 Å². The van der Waals surface area contributed by atoms with Crippen LogP contribution in [0.1, 0.15) is 19.4 Å². The molecule has 1 aromatic carbocycles. The van der Waals surface area contributed by atoms with Crippen LogP contribution in [0, 0.1) is 0 Å². The van der Waals surface area contributed by atoms with Gasteiger partial charge in [0.25, 0.3) is 0 Å². The van der Waals surface area contributed by atoms with Gasteiger partial charge in [0, 0.05) is 0 Å². The molecule has 0 aliphatic heterocycles. The van der Waals surface area contributed by atoms with Crippen LogP contribution < -0.4 is 5.73 Å². The van der Waals surface area contributed by atoms with Gasteiger partial charge in [-0.1, -0.05) is 26.0 Å². The molecule has 15 heavy (non-hydrogen) atoms. The summed E-state index contributed by atoms with van der Waals surface area (Å²) in [5.41, 5.74) is 6.12. The minimum Gasteiger partial charge on any atom is -0.508 e. The van der Waals surface area contributed by atoms with Crippen LogP contribution >= 0.6 is 0 Å². The van der Waals surface area contributed by atoms with Gasteiger partial charge in [-0.25, -0.2) is 0 Å². The van der Waals surface area contributed by atoms with Crippen LogP contribution in [0.25, 0.3) is 0 Å². The summed E-state index contributed by atoms with van der Waals surface area (Å²) in [6.45, 7) is 4.00. The van der Waals surface area contributed by atoms with Gasteiger partial charge in [-0.3, -0.25) is 4.79 Å². The zero-order valence-corrected chi connectivity index (χ0v) is 8.97. The first-order valence-electron chi connectivity index (χ1n) is 4.86. The van der Waals surface area contributed by atoms with E-state index in [1.807, 2.05) is 13.8 Å². The van der Waals surface area contributed by atoms with Crippen molar-refractivity contribution < 1.29 is 15.0 Å². The van der Waals surface area contributed by atoms with Gasteiger partial charge in [-0.2, -0.15) is 0 Å². The highest BCUT2D eigenvalue weighted by molar-refractivity contribution is 5.73. The Morgan fingerprint density at radius 1 is 1.33 bits per heavy atom. The third-order valence-electron chi connectivity index (χ3n) is 1.71. The van der Waals surface area contributed by atoms with Gasteiger partial charge in [-0.05, 0) is 24.1 Å². The summed E-state index contributed by atoms with van der Waals surface area (Å²) in [5.74, 6) is -0.860. The molecule has 0 fully saturated rings. The van der Waals surface area contributed by atoms with Gasteiger partial charge >= 0.3 is 5.97 Å². The SMILES string of the molecule is CC.NC(Cc1ccc(O)cc1)C(=O)O. The van der Waals surface area contributed by atoms with Crippen LogP contribution in [-0.2, 0) is 11.2 Å². The number of aromatic hydroxyl groups is 1. The Hall–Kier alpha value is -1.55. The molecule has 0 aromatic heterocycles. The number of nitrogens with two attached hydrogens (primary N) is 1. The molecule has 0 saturated carbocycles. The summed E-state index contributed by atoms with van der Waals surface area (Å²) in [7, 11) is 0. The molecule has 4 nitrogen and oxygen atoms in total. The van der Waals surface area contributed by atoms with Crippen molar-refractivity contribution in [3.05, 3.63) is 29.8 Å². The molecule has 1 rings (SSSR count). The lowest BCUT2D eigenvalue weighted by atomic mass is 10.1. The normalized spacial score (nSPS) is 11.1. The number of phenolic OH excluding ortho intramolecular Hbond substituents is 1. The highest BCUT2D eigenvalue weighted by Gasteiger charge is 2.11. The van der Waals surface area contributed by atoms with E-state index >= 15 is 0 Å². The maximum atomic E-state index is 10.4. The lowest BCUT2D eigenvalue weighted by molar-refractivity contribution is -0.138. The summed E-state index contributed by atoms with van der Waals surface area (Å²) in [6, 6.07) is 5.42. The van der Waals surface area contributed by atoms with E-state index in [0.717, 1.165) is 5.56 Å². The fraction of sp³-hybridized carbons (Fsp3) is 0.364. The van der Waals surface area contributed by atoms with Crippen LogP contribution in [0.4, 0.5) is 0 Å². The molecule has 1 atom stereocenters. The third kappa shape index (κ3) is 5.02. The van der Waals surface area contributed by atoms with E-state index in [-0.39, 0.29) is 12.2 Å². The fourth-order valence-electron chi connectivity index (χ4n) is 0.973. The minimum absolute atomic E-state index is 0.160. The zero-order chi connectivity index (χ0) is 11.8. The van der Waals surface area contributed by atoms with Crippen LogP contribution in [0.15, 0.2) is 24.3 Å². The van der Waals surface area contributed by atoms with Crippen molar-refractivity contribution in [3.63, 3.8) is 0 Å². The van der Waals surface area contributed by atoms with Crippen LogP contribution in [0.2, 0.25) is 0 Å². The molecule has 1 unspecified atom stereocenters. The van der Waals surface area contributed by atoms with E-state index in [1.54, 1.807) is 12.1 Å². The first kappa shape index (κ1) is 13.4. The van der Waals surface area contributed by atoms with Gasteiger partial charge in [0.1, 0.15) is 11.8 Å². The van der Waals surface area contributed by atoms with E-state index in [1.165, 1.54) is 12.1 Å². The van der Waals surface area contributed by atoms with Crippen molar-refractivity contribution in [1.29, 1.82) is 0 Å². The van der Waals surface area contributed by atoms with Gasteiger partial charge in [0.15, 0.2) is 0 Å². The molecule has 84 valence electrons. The summed E-state index contributed by atoms with van der Waals surface area (Å²) in [5, 5.41) is 17.5. The van der Waals surface area contributed by atoms with Crippen molar-refractivity contribution in [2.24, 2.45) is 5.73 Å². The number of carboxylic acids is 1. The second-order valence-corrected chi connectivity index (χ2v) is 2.82. The predicted molar refractivity (Wildman–Crippen MR) is 58.8 cm³/mol. The van der Waals surface area contributed by atoms with Crippen molar-refractivity contribution in [1.82, 2.24) is 0 Å². The third-order valence-corrected chi connectivity index (χ3v) is 1.71. The largest absolute Gasteiger partial charge is 0.508 e. The standard InChI is InChI=1S/C9H11NO3.C2H6/c10-8(9(12)13)5-6-1-3-7(11)4-2-6;1-2/h1-4,8,11H,5,10H2,(H,12,13);1-2H3. The maximum Gasteiger partial charge on any atom is 0.320 e. The Kier molecular flexibility index (Phi) is 6.13. The van der Waals surface area contributed by atoms with Crippen LogP contribution in [-0.4, -0.2) is 22.2 Å². The average Bonchev–Trinajstić information content (AvgIpc) is 2.24. The second kappa shape index (κ2) is 6.84. The van der Waals surface area contributed by atoms with E-state index in [2.05, 4.69) is 0 Å². The molecule has 0 heterocycles. The summed E-state index contributed by atoms with van der Waals surface area (Å²) in [4.78, 5) is 10.4. The van der Waals surface area contributed by atoms with E-state index in [0.29, 0.717) is 0 Å². The lowest BCUT2D eigenvalue weighted by Gasteiger charge is -2.05. The van der Waals surface area contributed by atoms with Crippen molar-refractivity contribution >= 4 is 5.97 Å². The number of phenols is 1. The summed E-state index contributed by atoms with van der Waals surface area (Å²) >= 11 is 0. The molecule has 4 heteroatoms. The molecule has 0 aliphatic carbocycles. The highest BCUT2D eigenvalue weighted by atomic mass is 16.4. The van der Waals surface area contributed by atoms with Crippen molar-refractivity contribution in [3.8, 4) is 5.75 Å². The summed E-state index contributed by atoms with van der Waals surface area (Å²) in [6.07, 6.45) is 0.273. The number of hydrogen-bond acceptors (Lipinski definition) is 3. The monoisotopic (exact) mass is 211 g/mol. The molecular formula is C11H17NO3. The number of rotatable bonds is 3. The molecule has 0 saturated heterocycles. The Bertz CT molecular complexity index is 295. The van der Waals surface area contributed by atoms with E-state index < -0.39 is 12.0 Å². The molecular weight excluding hydrogens is 194 g/mol. The second-order valence-electron chi connectivity index (χ2n) is 2.82. The van der Waals surface area contributed by atoms with Crippen molar-refractivity contribution in [2.45, 2.75) is 26.3 Å². The smallest absolute Gasteiger partial charge is 0.320 e. The maximum absolute atomic E-state index is 10.4. The average molecular weight is 211 g/mol. The Labute approximate surface area is 89.4 Å². The van der Waals surface area contributed by atoms with Gasteiger partial charge in [-0.15, -0.1) is 0 Å². The topological polar surface area (TPSA) is 83.5 Å². The van der Waals surface area contributed by atoms with E-state index in [9.17, 15) is 4.79 Å². The molecule has 1 aromatic rings. The lowest BCUT2D eigenvalue weighted by Crippen LogP contribution is -2.32. The number of carbonyl (C=O) groups is 1. The molecule has 0 spiro atoms. The fourth-order valence-corrected chi connectivity index (χ4v) is 0.973. The Morgan fingerprint density at radius 2 is 1.80 bits per heavy atom. The molecule has 0 amide bonds. The predicted octanol–water partition coefficient (Wildman–Crippen LogP) is 1.37. The summed E-state index contributed by atoms with van der Waals surface area (Å²) < 4.78 is 0. The Balaban J connectivity index is 0.000000921. The molecule has 0 radical (unpaired) electrons. The highest BCUT2D eigenvalue weighted by Crippen LogP contribution is 2.10. The van der Waals surface area contributed by atoms with Crippen LogP contribution in [0.3, 0.4) is 0 Å². The molecule has 0 aliphatic rings. The van der Waals surface area contributed by atoms with Gasteiger partial charge < -0.3 is 15.9 Å². The number of benzene rings is 1. The first-order valence-corrected chi connectivity index (χ1v) is 4.86. The number of carboxylic acid groups (broad SMARTS) is 1. The van der Waals surface area contributed by atoms with E-state index in [4.69, 9.17) is 15.9 Å². The number of aliphatic carboxylic acids is 1. The quantitative estimate of drug-likeness (QED) is 0.705. The minimum atomic E-state index is -1.02. The van der Waals surface area contributed by atoms with Gasteiger partial charge in [0.2, 0.25) is 0 Å². The first-order chi connectivity index (χ1) is 7.09. The Morgan fingerprint density at radius 3 is 2.20 bits per heavy atom. The van der Waals surface area contributed by atoms with Crippen LogP contribution in [0.5, 0.6) is 5.75 Å².